The Bertz CT molecular complexity index is 852. The van der Waals surface area contributed by atoms with E-state index in [1.165, 1.54) is 29.5 Å². The van der Waals surface area contributed by atoms with Crippen molar-refractivity contribution in [1.82, 2.24) is 9.80 Å². The van der Waals surface area contributed by atoms with Crippen molar-refractivity contribution in [3.63, 3.8) is 0 Å². The molecule has 2 aromatic carbocycles. The van der Waals surface area contributed by atoms with Crippen molar-refractivity contribution in [2.45, 2.75) is 83.6 Å². The second-order valence-corrected chi connectivity index (χ2v) is 10.4. The molecule has 3 atom stereocenters. The summed E-state index contributed by atoms with van der Waals surface area (Å²) in [5.41, 5.74) is 4.58. The fraction of sp³-hybridized carbons (Fsp3) is 0.556. The number of hydrogen-bond donors (Lipinski definition) is 0. The summed E-state index contributed by atoms with van der Waals surface area (Å²) in [5, 5.41) is 0. The second-order valence-electron chi connectivity index (χ2n) is 10.4. The topological polar surface area (TPSA) is 15.7 Å². The second kappa shape index (κ2) is 8.36. The van der Waals surface area contributed by atoms with Gasteiger partial charge >= 0.3 is 0 Å². The summed E-state index contributed by atoms with van der Waals surface area (Å²) in [4.78, 5) is 5.59. The molecule has 3 unspecified atom stereocenters. The highest BCUT2D eigenvalue weighted by molar-refractivity contribution is 5.35. The van der Waals surface area contributed by atoms with Crippen LogP contribution in [0.15, 0.2) is 48.5 Å². The molecule has 0 N–H and O–H groups in total. The highest BCUT2D eigenvalue weighted by Crippen LogP contribution is 2.47. The van der Waals surface area contributed by atoms with Crippen molar-refractivity contribution in [2.75, 3.05) is 13.7 Å². The van der Waals surface area contributed by atoms with Gasteiger partial charge in [0, 0.05) is 30.7 Å². The van der Waals surface area contributed by atoms with Crippen LogP contribution >= 0.6 is 0 Å². The smallest absolute Gasteiger partial charge is 0.118 e. The van der Waals surface area contributed by atoms with Crippen LogP contribution in [0.5, 0.6) is 5.75 Å². The molecule has 0 aromatic heterocycles. The highest BCUT2D eigenvalue weighted by atomic mass is 16.5. The maximum absolute atomic E-state index is 5.36. The van der Waals surface area contributed by atoms with E-state index in [4.69, 9.17) is 4.74 Å². The zero-order chi connectivity index (χ0) is 21.5. The van der Waals surface area contributed by atoms with Crippen LogP contribution in [0.4, 0.5) is 0 Å². The number of benzene rings is 2. The molecule has 0 spiro atoms. The first-order chi connectivity index (χ1) is 14.3. The number of ether oxygens (including phenoxy) is 1. The zero-order valence-corrected chi connectivity index (χ0v) is 19.6. The highest BCUT2D eigenvalue weighted by Gasteiger charge is 2.49. The van der Waals surface area contributed by atoms with Crippen molar-refractivity contribution in [2.24, 2.45) is 0 Å². The fourth-order valence-corrected chi connectivity index (χ4v) is 5.61. The molecule has 2 aliphatic rings. The molecule has 3 heteroatoms. The quantitative estimate of drug-likeness (QED) is 0.605. The van der Waals surface area contributed by atoms with Gasteiger partial charge in [-0.2, -0.15) is 0 Å². The molecule has 0 aliphatic carbocycles. The number of fused-ring (bicyclic) bond motifs is 2. The normalized spacial score (nSPS) is 25.1. The number of methoxy groups -OCH3 is 1. The largest absolute Gasteiger partial charge is 0.497 e. The zero-order valence-electron chi connectivity index (χ0n) is 19.6. The van der Waals surface area contributed by atoms with E-state index in [2.05, 4.69) is 92.9 Å². The Balaban J connectivity index is 1.70. The van der Waals surface area contributed by atoms with Gasteiger partial charge in [-0.3, -0.25) is 9.80 Å². The molecule has 0 saturated carbocycles. The summed E-state index contributed by atoms with van der Waals surface area (Å²) < 4.78 is 5.36. The number of likely N-dealkylation sites (tertiary alicyclic amines) is 1. The van der Waals surface area contributed by atoms with Crippen molar-refractivity contribution >= 4 is 0 Å². The van der Waals surface area contributed by atoms with Gasteiger partial charge in [0.25, 0.3) is 0 Å². The summed E-state index contributed by atoms with van der Waals surface area (Å²) in [5.74, 6) is 1.47. The average Bonchev–Trinajstić information content (AvgIpc) is 2.98. The van der Waals surface area contributed by atoms with Gasteiger partial charge in [-0.05, 0) is 68.4 Å². The van der Waals surface area contributed by atoms with Gasteiger partial charge in [-0.15, -0.1) is 0 Å². The lowest BCUT2D eigenvalue weighted by Gasteiger charge is -2.53. The standard InChI is InChI=1S/C27H38N2O/c1-19(2)23-9-7-8-10-24(23)26-25-16-13-21(18-29(26)27(3,4)5)28(25)17-20-11-14-22(30-6)15-12-20/h7-12,14-15,19,21,25-26H,13,16-18H2,1-6H3. The van der Waals surface area contributed by atoms with E-state index < -0.39 is 0 Å². The minimum Gasteiger partial charge on any atom is -0.497 e. The van der Waals surface area contributed by atoms with Crippen LogP contribution in [0.25, 0.3) is 0 Å². The van der Waals surface area contributed by atoms with Gasteiger partial charge in [-0.25, -0.2) is 0 Å². The molecule has 2 heterocycles. The SMILES string of the molecule is COc1ccc(CN2C3CCC2C(c2ccccc2C(C)C)N(C(C)(C)C)C3)cc1. The molecule has 4 rings (SSSR count). The summed E-state index contributed by atoms with van der Waals surface area (Å²) >= 11 is 0. The predicted molar refractivity (Wildman–Crippen MR) is 125 cm³/mol. The summed E-state index contributed by atoms with van der Waals surface area (Å²) in [6.07, 6.45) is 2.58. The molecule has 0 radical (unpaired) electrons. The van der Waals surface area contributed by atoms with Crippen LogP contribution in [0.1, 0.15) is 76.1 Å². The number of hydrogen-bond acceptors (Lipinski definition) is 3. The van der Waals surface area contributed by atoms with E-state index in [1.54, 1.807) is 7.11 Å². The van der Waals surface area contributed by atoms with Gasteiger partial charge < -0.3 is 4.74 Å². The first kappa shape index (κ1) is 21.4. The van der Waals surface area contributed by atoms with E-state index in [0.717, 1.165) is 18.8 Å². The van der Waals surface area contributed by atoms with E-state index in [1.807, 2.05) is 0 Å². The number of nitrogens with zero attached hydrogens (tertiary/aromatic N) is 2. The summed E-state index contributed by atoms with van der Waals surface area (Å²) in [6, 6.07) is 19.5. The molecule has 2 aromatic rings. The van der Waals surface area contributed by atoms with Crippen molar-refractivity contribution in [3.05, 3.63) is 65.2 Å². The molecule has 2 saturated heterocycles. The van der Waals surface area contributed by atoms with Crippen LogP contribution in [-0.2, 0) is 6.54 Å². The molecule has 2 bridgehead atoms. The monoisotopic (exact) mass is 406 g/mol. The first-order valence-electron chi connectivity index (χ1n) is 11.5. The van der Waals surface area contributed by atoms with Gasteiger partial charge in [-0.1, -0.05) is 50.2 Å². The molecule has 162 valence electrons. The Hall–Kier alpha value is -1.84. The Labute approximate surface area is 183 Å². The van der Waals surface area contributed by atoms with Crippen molar-refractivity contribution < 1.29 is 4.74 Å². The Kier molecular flexibility index (Phi) is 5.96. The maximum atomic E-state index is 5.36. The molecular formula is C27H38N2O. The van der Waals surface area contributed by atoms with Gasteiger partial charge in [0.15, 0.2) is 0 Å². The van der Waals surface area contributed by atoms with Crippen LogP contribution in [0.2, 0.25) is 0 Å². The van der Waals surface area contributed by atoms with Crippen LogP contribution in [-0.4, -0.2) is 41.1 Å². The van der Waals surface area contributed by atoms with Crippen LogP contribution in [0.3, 0.4) is 0 Å². The minimum absolute atomic E-state index is 0.155. The molecular weight excluding hydrogens is 368 g/mol. The summed E-state index contributed by atoms with van der Waals surface area (Å²) in [6.45, 7) is 14.0. The molecule has 30 heavy (non-hydrogen) atoms. The maximum Gasteiger partial charge on any atom is 0.118 e. The molecule has 2 aliphatic heterocycles. The summed E-state index contributed by atoms with van der Waals surface area (Å²) in [7, 11) is 1.73. The minimum atomic E-state index is 0.155. The molecule has 0 amide bonds. The number of rotatable bonds is 5. The Morgan fingerprint density at radius 2 is 1.70 bits per heavy atom. The lowest BCUT2D eigenvalue weighted by atomic mass is 9.84. The van der Waals surface area contributed by atoms with Crippen LogP contribution in [0, 0.1) is 0 Å². The van der Waals surface area contributed by atoms with E-state index in [-0.39, 0.29) is 5.54 Å². The fourth-order valence-electron chi connectivity index (χ4n) is 5.61. The first-order valence-corrected chi connectivity index (χ1v) is 11.5. The lowest BCUT2D eigenvalue weighted by molar-refractivity contribution is -0.0392. The van der Waals surface area contributed by atoms with E-state index >= 15 is 0 Å². The lowest BCUT2D eigenvalue weighted by Crippen LogP contribution is -2.60. The third kappa shape index (κ3) is 4.02. The predicted octanol–water partition coefficient (Wildman–Crippen LogP) is 6.01. The van der Waals surface area contributed by atoms with Crippen molar-refractivity contribution in [1.29, 1.82) is 0 Å². The molecule has 3 nitrogen and oxygen atoms in total. The molecule has 2 fully saturated rings. The van der Waals surface area contributed by atoms with E-state index in [9.17, 15) is 0 Å². The van der Waals surface area contributed by atoms with Gasteiger partial charge in [0.2, 0.25) is 0 Å². The van der Waals surface area contributed by atoms with Crippen LogP contribution < -0.4 is 4.74 Å². The third-order valence-corrected chi connectivity index (χ3v) is 7.12. The third-order valence-electron chi connectivity index (χ3n) is 7.12. The van der Waals surface area contributed by atoms with E-state index in [0.29, 0.717) is 24.0 Å². The number of piperazine rings is 1. The Morgan fingerprint density at radius 3 is 2.33 bits per heavy atom. The van der Waals surface area contributed by atoms with Gasteiger partial charge in [0.05, 0.1) is 13.2 Å². The van der Waals surface area contributed by atoms with Gasteiger partial charge in [0.1, 0.15) is 5.75 Å². The Morgan fingerprint density at radius 1 is 1.00 bits per heavy atom. The van der Waals surface area contributed by atoms with Crippen molar-refractivity contribution in [3.8, 4) is 5.75 Å². The average molecular weight is 407 g/mol.